The lowest BCUT2D eigenvalue weighted by Crippen LogP contribution is -2.27. The molecular formula is C16H19N7O. The molecule has 0 aliphatic carbocycles. The average Bonchev–Trinajstić information content (AvgIpc) is 3.35. The summed E-state index contributed by atoms with van der Waals surface area (Å²) in [6.07, 6.45) is 11.1. The maximum atomic E-state index is 12.4. The van der Waals surface area contributed by atoms with Gasteiger partial charge in [-0.05, 0) is 18.9 Å². The summed E-state index contributed by atoms with van der Waals surface area (Å²) in [6, 6.07) is 1.95. The molecule has 0 bridgehead atoms. The third-order valence-electron chi connectivity index (χ3n) is 4.24. The van der Waals surface area contributed by atoms with Crippen LogP contribution in [0.3, 0.4) is 0 Å². The van der Waals surface area contributed by atoms with Crippen LogP contribution in [0.1, 0.15) is 23.2 Å². The second-order valence-electron chi connectivity index (χ2n) is 5.86. The van der Waals surface area contributed by atoms with Crippen LogP contribution in [0.4, 0.5) is 5.82 Å². The van der Waals surface area contributed by atoms with Gasteiger partial charge in [0, 0.05) is 44.8 Å². The Balaban J connectivity index is 1.50. The Labute approximate surface area is 139 Å². The molecule has 1 N–H and O–H groups in total. The number of nitrogens with zero attached hydrogens (tertiary/aromatic N) is 6. The summed E-state index contributed by atoms with van der Waals surface area (Å²) in [6.45, 7) is 3.24. The number of anilines is 1. The lowest BCUT2D eigenvalue weighted by molar-refractivity contribution is 0.0953. The summed E-state index contributed by atoms with van der Waals surface area (Å²) in [4.78, 5) is 23.3. The third-order valence-corrected chi connectivity index (χ3v) is 4.24. The van der Waals surface area contributed by atoms with Crippen molar-refractivity contribution >= 4 is 17.4 Å². The van der Waals surface area contributed by atoms with Crippen molar-refractivity contribution in [1.29, 1.82) is 0 Å². The van der Waals surface area contributed by atoms with E-state index in [0.717, 1.165) is 18.9 Å². The van der Waals surface area contributed by atoms with Gasteiger partial charge in [0.15, 0.2) is 5.65 Å². The van der Waals surface area contributed by atoms with Crippen molar-refractivity contribution in [2.75, 3.05) is 24.5 Å². The molecule has 1 aliphatic heterocycles. The number of imidazole rings is 1. The van der Waals surface area contributed by atoms with Crippen molar-refractivity contribution in [3.05, 3.63) is 42.7 Å². The topological polar surface area (TPSA) is 80.3 Å². The molecule has 4 heterocycles. The Morgan fingerprint density at radius 2 is 2.12 bits per heavy atom. The van der Waals surface area contributed by atoms with Crippen LogP contribution in [0.15, 0.2) is 37.2 Å². The molecule has 0 unspecified atom stereocenters. The molecule has 1 aliphatic rings. The van der Waals surface area contributed by atoms with Crippen LogP contribution in [0, 0.1) is 0 Å². The van der Waals surface area contributed by atoms with Crippen molar-refractivity contribution < 1.29 is 4.79 Å². The number of carbonyl (C=O) groups excluding carboxylic acids is 1. The smallest absolute Gasteiger partial charge is 0.256 e. The largest absolute Gasteiger partial charge is 0.357 e. The fraction of sp³-hybridized carbons (Fsp3) is 0.375. The van der Waals surface area contributed by atoms with Crippen LogP contribution in [-0.2, 0) is 6.54 Å². The standard InChI is InChI=1S/C16H19N7O/c24-16(18-5-10-21-9-4-17-12-21)13-11-19-23-8-3-14(20-15(13)23)22-6-1-2-7-22/h3-4,8-9,11-12H,1-2,5-7,10H2,(H,18,24). The van der Waals surface area contributed by atoms with Gasteiger partial charge >= 0.3 is 0 Å². The minimum atomic E-state index is -0.156. The number of hydrogen-bond acceptors (Lipinski definition) is 5. The van der Waals surface area contributed by atoms with Gasteiger partial charge in [-0.25, -0.2) is 14.5 Å². The molecule has 24 heavy (non-hydrogen) atoms. The molecule has 8 heteroatoms. The molecule has 3 aromatic rings. The molecular weight excluding hydrogens is 306 g/mol. The van der Waals surface area contributed by atoms with Gasteiger partial charge in [0.2, 0.25) is 0 Å². The number of carbonyl (C=O) groups is 1. The van der Waals surface area contributed by atoms with E-state index in [1.807, 2.05) is 23.0 Å². The molecule has 4 rings (SSSR count). The van der Waals surface area contributed by atoms with Gasteiger partial charge in [-0.3, -0.25) is 4.79 Å². The zero-order chi connectivity index (χ0) is 16.4. The second kappa shape index (κ2) is 6.31. The van der Waals surface area contributed by atoms with E-state index in [2.05, 4.69) is 25.3 Å². The molecule has 124 valence electrons. The first-order valence-electron chi connectivity index (χ1n) is 8.14. The van der Waals surface area contributed by atoms with E-state index in [1.54, 1.807) is 23.2 Å². The summed E-state index contributed by atoms with van der Waals surface area (Å²) in [5.41, 5.74) is 1.10. The Morgan fingerprint density at radius 1 is 1.25 bits per heavy atom. The van der Waals surface area contributed by atoms with Crippen molar-refractivity contribution in [2.45, 2.75) is 19.4 Å². The lowest BCUT2D eigenvalue weighted by atomic mass is 10.3. The molecule has 0 aromatic carbocycles. The van der Waals surface area contributed by atoms with Crippen molar-refractivity contribution in [1.82, 2.24) is 29.5 Å². The molecule has 0 spiro atoms. The highest BCUT2D eigenvalue weighted by Gasteiger charge is 2.18. The normalized spacial score (nSPS) is 14.4. The van der Waals surface area contributed by atoms with Crippen LogP contribution in [0.2, 0.25) is 0 Å². The maximum Gasteiger partial charge on any atom is 0.256 e. The Morgan fingerprint density at radius 3 is 2.92 bits per heavy atom. The van der Waals surface area contributed by atoms with Gasteiger partial charge < -0.3 is 14.8 Å². The number of fused-ring (bicyclic) bond motifs is 1. The number of hydrogen-bond donors (Lipinski definition) is 1. The van der Waals surface area contributed by atoms with E-state index < -0.39 is 0 Å². The van der Waals surface area contributed by atoms with E-state index in [1.165, 1.54) is 12.8 Å². The average molecular weight is 325 g/mol. The summed E-state index contributed by atoms with van der Waals surface area (Å²) < 4.78 is 3.56. The number of amides is 1. The minimum Gasteiger partial charge on any atom is -0.357 e. The molecule has 1 saturated heterocycles. The van der Waals surface area contributed by atoms with Crippen LogP contribution in [0.25, 0.3) is 5.65 Å². The van der Waals surface area contributed by atoms with E-state index in [-0.39, 0.29) is 5.91 Å². The van der Waals surface area contributed by atoms with Crippen molar-refractivity contribution in [3.8, 4) is 0 Å². The number of nitrogens with one attached hydrogen (secondary N) is 1. The van der Waals surface area contributed by atoms with Crippen molar-refractivity contribution in [2.24, 2.45) is 0 Å². The zero-order valence-corrected chi connectivity index (χ0v) is 13.3. The fourth-order valence-corrected chi connectivity index (χ4v) is 2.95. The minimum absolute atomic E-state index is 0.156. The van der Waals surface area contributed by atoms with Gasteiger partial charge in [-0.15, -0.1) is 0 Å². The molecule has 0 saturated carbocycles. The van der Waals surface area contributed by atoms with Gasteiger partial charge in [0.05, 0.1) is 12.5 Å². The number of rotatable bonds is 5. The van der Waals surface area contributed by atoms with E-state index >= 15 is 0 Å². The van der Waals surface area contributed by atoms with E-state index in [4.69, 9.17) is 0 Å². The molecule has 0 atom stereocenters. The SMILES string of the molecule is O=C(NCCn1ccnc1)c1cnn2ccc(N3CCCC3)nc12. The Hall–Kier alpha value is -2.90. The van der Waals surface area contributed by atoms with Gasteiger partial charge in [0.25, 0.3) is 5.91 Å². The predicted molar refractivity (Wildman–Crippen MR) is 89.0 cm³/mol. The predicted octanol–water partition coefficient (Wildman–Crippen LogP) is 0.956. The highest BCUT2D eigenvalue weighted by Crippen LogP contribution is 2.19. The fourth-order valence-electron chi connectivity index (χ4n) is 2.95. The van der Waals surface area contributed by atoms with Crippen LogP contribution >= 0.6 is 0 Å². The summed E-state index contributed by atoms with van der Waals surface area (Å²) >= 11 is 0. The van der Waals surface area contributed by atoms with E-state index in [9.17, 15) is 4.79 Å². The Bertz CT molecular complexity index is 833. The highest BCUT2D eigenvalue weighted by atomic mass is 16.1. The van der Waals surface area contributed by atoms with Crippen molar-refractivity contribution in [3.63, 3.8) is 0 Å². The monoisotopic (exact) mass is 325 g/mol. The third kappa shape index (κ3) is 2.82. The second-order valence-corrected chi connectivity index (χ2v) is 5.86. The summed E-state index contributed by atoms with van der Waals surface area (Å²) in [5, 5.41) is 7.14. The quantitative estimate of drug-likeness (QED) is 0.756. The molecule has 1 fully saturated rings. The zero-order valence-electron chi connectivity index (χ0n) is 13.3. The van der Waals surface area contributed by atoms with E-state index in [0.29, 0.717) is 24.3 Å². The molecule has 1 amide bonds. The van der Waals surface area contributed by atoms with Gasteiger partial charge in [-0.2, -0.15) is 5.10 Å². The molecule has 3 aromatic heterocycles. The van der Waals surface area contributed by atoms with Crippen LogP contribution < -0.4 is 10.2 Å². The number of aromatic nitrogens is 5. The molecule has 8 nitrogen and oxygen atoms in total. The first kappa shape index (κ1) is 14.7. The first-order chi connectivity index (χ1) is 11.8. The molecule has 0 radical (unpaired) electrons. The van der Waals surface area contributed by atoms with Crippen LogP contribution in [-0.4, -0.2) is 49.7 Å². The maximum absolute atomic E-state index is 12.4. The highest BCUT2D eigenvalue weighted by molar-refractivity contribution is 5.99. The Kier molecular flexibility index (Phi) is 3.86. The van der Waals surface area contributed by atoms with Crippen LogP contribution in [0.5, 0.6) is 0 Å². The summed E-state index contributed by atoms with van der Waals surface area (Å²) in [5.74, 6) is 0.754. The first-order valence-corrected chi connectivity index (χ1v) is 8.14. The van der Waals surface area contributed by atoms with Gasteiger partial charge in [0.1, 0.15) is 11.4 Å². The summed E-state index contributed by atoms with van der Waals surface area (Å²) in [7, 11) is 0. The lowest BCUT2D eigenvalue weighted by Gasteiger charge is -2.16. The van der Waals surface area contributed by atoms with Gasteiger partial charge in [-0.1, -0.05) is 0 Å².